The standard InChI is InChI=1S/C10H13F3N4O2S/c1-19-9(2-4-14-5-3-9)6(18)15-8-17-16-7(20-8)10(11,12)13/h14H,2-5H2,1H3,(H,15,17,18). The minimum atomic E-state index is -4.56. The summed E-state index contributed by atoms with van der Waals surface area (Å²) < 4.78 is 42.5. The van der Waals surface area contributed by atoms with Gasteiger partial charge in [0.2, 0.25) is 10.1 Å². The molecular weight excluding hydrogens is 297 g/mol. The number of nitrogens with zero attached hydrogens (tertiary/aromatic N) is 2. The maximum absolute atomic E-state index is 12.4. The van der Waals surface area contributed by atoms with Crippen molar-refractivity contribution in [1.29, 1.82) is 0 Å². The van der Waals surface area contributed by atoms with Crippen LogP contribution in [0.25, 0.3) is 0 Å². The molecule has 1 aromatic rings. The highest BCUT2D eigenvalue weighted by Crippen LogP contribution is 2.33. The second-order valence-corrected chi connectivity index (χ2v) is 5.29. The van der Waals surface area contributed by atoms with E-state index in [9.17, 15) is 18.0 Å². The Morgan fingerprint density at radius 2 is 2.05 bits per heavy atom. The largest absolute Gasteiger partial charge is 0.445 e. The molecule has 1 aliphatic heterocycles. The van der Waals surface area contributed by atoms with Crippen molar-refractivity contribution in [3.05, 3.63) is 5.01 Å². The highest BCUT2D eigenvalue weighted by atomic mass is 32.1. The summed E-state index contributed by atoms with van der Waals surface area (Å²) in [6, 6.07) is 0. The number of rotatable bonds is 3. The van der Waals surface area contributed by atoms with E-state index in [1.807, 2.05) is 0 Å². The molecule has 112 valence electrons. The average molecular weight is 310 g/mol. The summed E-state index contributed by atoms with van der Waals surface area (Å²) in [7, 11) is 1.41. The van der Waals surface area contributed by atoms with Crippen molar-refractivity contribution >= 4 is 22.4 Å². The van der Waals surface area contributed by atoms with E-state index >= 15 is 0 Å². The number of hydrogen-bond acceptors (Lipinski definition) is 6. The normalized spacial score (nSPS) is 18.8. The number of alkyl halides is 3. The summed E-state index contributed by atoms with van der Waals surface area (Å²) in [6.45, 7) is 1.20. The Bertz CT molecular complexity index is 485. The Labute approximate surface area is 116 Å². The Morgan fingerprint density at radius 3 is 2.55 bits per heavy atom. The second-order valence-electron chi connectivity index (χ2n) is 4.31. The lowest BCUT2D eigenvalue weighted by Gasteiger charge is -2.34. The van der Waals surface area contributed by atoms with E-state index in [0.717, 1.165) is 0 Å². The molecule has 2 N–H and O–H groups in total. The Kier molecular flexibility index (Phi) is 4.25. The highest BCUT2D eigenvalue weighted by molar-refractivity contribution is 7.15. The first-order valence-corrected chi connectivity index (χ1v) is 6.67. The monoisotopic (exact) mass is 310 g/mol. The lowest BCUT2D eigenvalue weighted by Crippen LogP contribution is -2.51. The van der Waals surface area contributed by atoms with Crippen LogP contribution < -0.4 is 10.6 Å². The maximum atomic E-state index is 12.4. The van der Waals surface area contributed by atoms with Gasteiger partial charge in [-0.2, -0.15) is 13.2 Å². The van der Waals surface area contributed by atoms with Gasteiger partial charge in [0.1, 0.15) is 5.60 Å². The van der Waals surface area contributed by atoms with Crippen LogP contribution >= 0.6 is 11.3 Å². The molecule has 2 rings (SSSR count). The van der Waals surface area contributed by atoms with Crippen molar-refractivity contribution in [3.8, 4) is 0 Å². The van der Waals surface area contributed by atoms with Gasteiger partial charge in [-0.15, -0.1) is 10.2 Å². The fourth-order valence-electron chi connectivity index (χ4n) is 1.95. The van der Waals surface area contributed by atoms with Crippen LogP contribution in [0, 0.1) is 0 Å². The first-order chi connectivity index (χ1) is 9.37. The third-order valence-corrected chi connectivity index (χ3v) is 3.99. The van der Waals surface area contributed by atoms with Crippen LogP contribution in [0.3, 0.4) is 0 Å². The molecule has 1 aromatic heterocycles. The molecule has 0 atom stereocenters. The number of hydrogen-bond donors (Lipinski definition) is 2. The van der Waals surface area contributed by atoms with Gasteiger partial charge in [-0.25, -0.2) is 0 Å². The maximum Gasteiger partial charge on any atom is 0.445 e. The molecule has 0 saturated carbocycles. The van der Waals surface area contributed by atoms with Crippen molar-refractivity contribution in [2.75, 3.05) is 25.5 Å². The molecule has 1 amide bonds. The molecule has 0 spiro atoms. The SMILES string of the molecule is COC1(C(=O)Nc2nnc(C(F)(F)F)s2)CCNCC1. The van der Waals surface area contributed by atoms with Gasteiger partial charge in [0.25, 0.3) is 5.91 Å². The first kappa shape index (κ1) is 15.1. The quantitative estimate of drug-likeness (QED) is 0.879. The number of carbonyl (C=O) groups excluding carboxylic acids is 1. The van der Waals surface area contributed by atoms with Crippen molar-refractivity contribution in [1.82, 2.24) is 15.5 Å². The van der Waals surface area contributed by atoms with E-state index in [2.05, 4.69) is 20.8 Å². The van der Waals surface area contributed by atoms with Crippen LogP contribution in [0.15, 0.2) is 0 Å². The first-order valence-electron chi connectivity index (χ1n) is 5.85. The van der Waals surface area contributed by atoms with Crippen molar-refractivity contribution < 1.29 is 22.7 Å². The summed E-state index contributed by atoms with van der Waals surface area (Å²) in [5.41, 5.74) is -1.03. The third-order valence-electron chi connectivity index (χ3n) is 3.10. The van der Waals surface area contributed by atoms with E-state index in [1.165, 1.54) is 7.11 Å². The number of ether oxygens (including phenoxy) is 1. The number of halogens is 3. The van der Waals surface area contributed by atoms with Gasteiger partial charge in [-0.3, -0.25) is 10.1 Å². The second kappa shape index (κ2) is 5.62. The fraction of sp³-hybridized carbons (Fsp3) is 0.700. The Morgan fingerprint density at radius 1 is 1.40 bits per heavy atom. The lowest BCUT2D eigenvalue weighted by atomic mass is 9.91. The summed E-state index contributed by atoms with van der Waals surface area (Å²) in [5, 5.41) is 10.5. The predicted octanol–water partition coefficient (Wildman–Crippen LogP) is 1.26. The summed E-state index contributed by atoms with van der Waals surface area (Å²) in [6.07, 6.45) is -3.67. The summed E-state index contributed by atoms with van der Waals surface area (Å²) in [5.74, 6) is -0.494. The molecular formula is C10H13F3N4O2S. The minimum absolute atomic E-state index is 0.183. The fourth-order valence-corrected chi connectivity index (χ4v) is 2.56. The van der Waals surface area contributed by atoms with Crippen molar-refractivity contribution in [2.24, 2.45) is 0 Å². The van der Waals surface area contributed by atoms with Crippen LogP contribution in [0.1, 0.15) is 17.8 Å². The Hall–Kier alpha value is -1.26. The van der Waals surface area contributed by atoms with Crippen molar-refractivity contribution in [2.45, 2.75) is 24.6 Å². The van der Waals surface area contributed by atoms with Crippen LogP contribution in [-0.4, -0.2) is 41.9 Å². The van der Waals surface area contributed by atoms with Crippen LogP contribution in [0.5, 0.6) is 0 Å². The van der Waals surface area contributed by atoms with Crippen LogP contribution in [0.4, 0.5) is 18.3 Å². The smallest absolute Gasteiger partial charge is 0.368 e. The average Bonchev–Trinajstić information content (AvgIpc) is 2.88. The Balaban J connectivity index is 2.09. The molecule has 1 aliphatic rings. The number of anilines is 1. The zero-order chi connectivity index (χ0) is 14.8. The zero-order valence-corrected chi connectivity index (χ0v) is 11.4. The molecule has 0 bridgehead atoms. The number of piperidine rings is 1. The molecule has 1 saturated heterocycles. The van der Waals surface area contributed by atoms with E-state index in [0.29, 0.717) is 37.3 Å². The van der Waals surface area contributed by atoms with E-state index in [1.54, 1.807) is 0 Å². The number of carbonyl (C=O) groups is 1. The lowest BCUT2D eigenvalue weighted by molar-refractivity contribution is -0.140. The minimum Gasteiger partial charge on any atom is -0.368 e. The van der Waals surface area contributed by atoms with E-state index in [-0.39, 0.29) is 5.13 Å². The van der Waals surface area contributed by atoms with Crippen molar-refractivity contribution in [3.63, 3.8) is 0 Å². The predicted molar refractivity (Wildman–Crippen MR) is 65.4 cm³/mol. The molecule has 0 radical (unpaired) electrons. The highest BCUT2D eigenvalue weighted by Gasteiger charge is 2.41. The number of methoxy groups -OCH3 is 1. The van der Waals surface area contributed by atoms with Crippen LogP contribution in [0.2, 0.25) is 0 Å². The molecule has 0 aliphatic carbocycles. The zero-order valence-electron chi connectivity index (χ0n) is 10.6. The van der Waals surface area contributed by atoms with Gasteiger partial charge in [0, 0.05) is 7.11 Å². The van der Waals surface area contributed by atoms with Gasteiger partial charge >= 0.3 is 6.18 Å². The molecule has 2 heterocycles. The molecule has 20 heavy (non-hydrogen) atoms. The van der Waals surface area contributed by atoms with Gasteiger partial charge < -0.3 is 10.1 Å². The third kappa shape index (κ3) is 3.07. The molecule has 6 nitrogen and oxygen atoms in total. The van der Waals surface area contributed by atoms with Gasteiger partial charge in [-0.1, -0.05) is 11.3 Å². The summed E-state index contributed by atoms with van der Waals surface area (Å²) >= 11 is 0.291. The number of nitrogens with one attached hydrogen (secondary N) is 2. The molecule has 0 aromatic carbocycles. The number of amides is 1. The van der Waals surface area contributed by atoms with E-state index in [4.69, 9.17) is 4.74 Å². The number of aromatic nitrogens is 2. The van der Waals surface area contributed by atoms with Gasteiger partial charge in [-0.05, 0) is 25.9 Å². The van der Waals surface area contributed by atoms with Gasteiger partial charge in [0.15, 0.2) is 0 Å². The topological polar surface area (TPSA) is 76.1 Å². The summed E-state index contributed by atoms with van der Waals surface area (Å²) in [4.78, 5) is 12.2. The van der Waals surface area contributed by atoms with Crippen LogP contribution in [-0.2, 0) is 15.7 Å². The molecule has 0 unspecified atom stereocenters. The molecule has 1 fully saturated rings. The van der Waals surface area contributed by atoms with E-state index < -0.39 is 22.7 Å². The molecule has 10 heteroatoms. The van der Waals surface area contributed by atoms with Gasteiger partial charge in [0.05, 0.1) is 0 Å².